The SMILES string of the molecule is Cc1ncc(C#N)c(Nc2ccc3[nH]ccc3c2C)c1/C=C/CCN1CCN(S(C)(=O)=O)CC1. The zero-order valence-corrected chi connectivity index (χ0v) is 20.6. The quantitative estimate of drug-likeness (QED) is 0.536. The van der Waals surface area contributed by atoms with Gasteiger partial charge in [0.05, 0.1) is 17.5 Å². The number of anilines is 2. The second-order valence-corrected chi connectivity index (χ2v) is 10.6. The van der Waals surface area contributed by atoms with Crippen LogP contribution in [0.5, 0.6) is 0 Å². The summed E-state index contributed by atoms with van der Waals surface area (Å²) in [6, 6.07) is 8.37. The molecular weight excluding hydrogens is 448 g/mol. The molecule has 0 radical (unpaired) electrons. The monoisotopic (exact) mass is 478 g/mol. The fourth-order valence-electron chi connectivity index (χ4n) is 4.34. The molecule has 0 atom stereocenters. The number of hydrogen-bond acceptors (Lipinski definition) is 6. The van der Waals surface area contributed by atoms with Crippen LogP contribution in [0.2, 0.25) is 0 Å². The number of nitriles is 1. The third kappa shape index (κ3) is 5.14. The van der Waals surface area contributed by atoms with E-state index in [9.17, 15) is 13.7 Å². The Balaban J connectivity index is 1.49. The molecule has 2 N–H and O–H groups in total. The molecule has 178 valence electrons. The molecule has 3 aromatic rings. The number of benzene rings is 1. The average Bonchev–Trinajstić information content (AvgIpc) is 3.29. The number of piperazine rings is 1. The zero-order chi connectivity index (χ0) is 24.3. The van der Waals surface area contributed by atoms with Gasteiger partial charge < -0.3 is 15.2 Å². The van der Waals surface area contributed by atoms with Gasteiger partial charge in [-0.2, -0.15) is 9.57 Å². The molecule has 2 aromatic heterocycles. The van der Waals surface area contributed by atoms with Crippen molar-refractivity contribution in [1.82, 2.24) is 19.2 Å². The summed E-state index contributed by atoms with van der Waals surface area (Å²) in [5, 5.41) is 14.4. The minimum absolute atomic E-state index is 0.496. The molecule has 0 saturated carbocycles. The van der Waals surface area contributed by atoms with Gasteiger partial charge in [-0.15, -0.1) is 0 Å². The molecule has 34 heavy (non-hydrogen) atoms. The van der Waals surface area contributed by atoms with E-state index in [2.05, 4.69) is 45.3 Å². The molecule has 0 bridgehead atoms. The van der Waals surface area contributed by atoms with Crippen LogP contribution in [0.1, 0.15) is 28.8 Å². The highest BCUT2D eigenvalue weighted by molar-refractivity contribution is 7.88. The Labute approximate surface area is 201 Å². The molecule has 1 aliphatic rings. The van der Waals surface area contributed by atoms with Gasteiger partial charge in [0.15, 0.2) is 0 Å². The summed E-state index contributed by atoms with van der Waals surface area (Å²) in [5.74, 6) is 0. The van der Waals surface area contributed by atoms with Gasteiger partial charge in [0.2, 0.25) is 10.0 Å². The van der Waals surface area contributed by atoms with Gasteiger partial charge in [-0.05, 0) is 44.0 Å². The Kier molecular flexibility index (Phi) is 7.03. The van der Waals surface area contributed by atoms with E-state index in [-0.39, 0.29) is 0 Å². The summed E-state index contributed by atoms with van der Waals surface area (Å²) in [5.41, 5.74) is 6.14. The summed E-state index contributed by atoms with van der Waals surface area (Å²) < 4.78 is 24.9. The van der Waals surface area contributed by atoms with E-state index in [1.54, 1.807) is 6.20 Å². The second-order valence-electron chi connectivity index (χ2n) is 8.65. The average molecular weight is 479 g/mol. The lowest BCUT2D eigenvalue weighted by Gasteiger charge is -2.32. The smallest absolute Gasteiger partial charge is 0.211 e. The first kappa shape index (κ1) is 24.0. The van der Waals surface area contributed by atoms with Crippen LogP contribution in [0, 0.1) is 25.2 Å². The fourth-order valence-corrected chi connectivity index (χ4v) is 5.17. The van der Waals surface area contributed by atoms with Crippen molar-refractivity contribution >= 4 is 38.4 Å². The number of fused-ring (bicyclic) bond motifs is 1. The van der Waals surface area contributed by atoms with Gasteiger partial charge >= 0.3 is 0 Å². The van der Waals surface area contributed by atoms with Crippen LogP contribution < -0.4 is 5.32 Å². The molecule has 4 rings (SSSR count). The molecule has 9 heteroatoms. The summed E-state index contributed by atoms with van der Waals surface area (Å²) >= 11 is 0. The number of H-pyrrole nitrogens is 1. The van der Waals surface area contributed by atoms with Crippen molar-refractivity contribution < 1.29 is 8.42 Å². The Bertz CT molecular complexity index is 1360. The van der Waals surface area contributed by atoms with Crippen LogP contribution in [0.25, 0.3) is 17.0 Å². The third-order valence-electron chi connectivity index (χ3n) is 6.40. The van der Waals surface area contributed by atoms with Crippen LogP contribution in [0.3, 0.4) is 0 Å². The lowest BCUT2D eigenvalue weighted by atomic mass is 10.0. The highest BCUT2D eigenvalue weighted by Gasteiger charge is 2.22. The number of aromatic nitrogens is 2. The molecule has 0 spiro atoms. The molecule has 1 fully saturated rings. The van der Waals surface area contributed by atoms with E-state index in [0.717, 1.165) is 65.2 Å². The van der Waals surface area contributed by atoms with Gasteiger partial charge in [0.25, 0.3) is 0 Å². The van der Waals surface area contributed by atoms with Crippen LogP contribution in [0.4, 0.5) is 11.4 Å². The minimum atomic E-state index is -3.11. The number of aromatic amines is 1. The molecule has 1 aliphatic heterocycles. The number of aryl methyl sites for hydroxylation is 2. The molecule has 0 amide bonds. The highest BCUT2D eigenvalue weighted by atomic mass is 32.2. The molecule has 1 aromatic carbocycles. The van der Waals surface area contributed by atoms with Crippen molar-refractivity contribution in [3.8, 4) is 6.07 Å². The Hall–Kier alpha value is -3.19. The molecule has 1 saturated heterocycles. The highest BCUT2D eigenvalue weighted by Crippen LogP contribution is 2.32. The van der Waals surface area contributed by atoms with E-state index < -0.39 is 10.0 Å². The first-order valence-electron chi connectivity index (χ1n) is 11.4. The maximum absolute atomic E-state index is 11.7. The predicted octanol–water partition coefficient (Wildman–Crippen LogP) is 3.78. The standard InChI is InChI=1S/C25H30N6O2S/c1-18-21-9-10-27-24(21)8-7-23(18)29-25-20(16-26)17-28-19(2)22(25)6-4-5-11-30-12-14-31(15-13-30)34(3,32)33/h4,6-10,17,27H,5,11-15H2,1-3H3,(H,28,29)/b6-4+. The van der Waals surface area contributed by atoms with Crippen molar-refractivity contribution in [2.45, 2.75) is 20.3 Å². The largest absolute Gasteiger partial charge is 0.361 e. The second kappa shape index (κ2) is 9.97. The van der Waals surface area contributed by atoms with Gasteiger partial charge in [-0.3, -0.25) is 4.98 Å². The topological polar surface area (TPSA) is 105 Å². The van der Waals surface area contributed by atoms with E-state index in [1.807, 2.05) is 31.3 Å². The van der Waals surface area contributed by atoms with Crippen LogP contribution in [0.15, 0.2) is 36.7 Å². The fraction of sp³-hybridized carbons (Fsp3) is 0.360. The maximum Gasteiger partial charge on any atom is 0.211 e. The molecule has 3 heterocycles. The van der Waals surface area contributed by atoms with E-state index in [1.165, 1.54) is 10.6 Å². The Morgan fingerprint density at radius 1 is 1.21 bits per heavy atom. The first-order chi connectivity index (χ1) is 16.3. The molecule has 0 aliphatic carbocycles. The van der Waals surface area contributed by atoms with Gasteiger partial charge in [-0.25, -0.2) is 8.42 Å². The van der Waals surface area contributed by atoms with Crippen molar-refractivity contribution in [2.24, 2.45) is 0 Å². The zero-order valence-electron chi connectivity index (χ0n) is 19.8. The lowest BCUT2D eigenvalue weighted by molar-refractivity contribution is 0.192. The minimum Gasteiger partial charge on any atom is -0.361 e. The van der Waals surface area contributed by atoms with Crippen LogP contribution in [-0.2, 0) is 10.0 Å². The van der Waals surface area contributed by atoms with E-state index in [0.29, 0.717) is 18.7 Å². The van der Waals surface area contributed by atoms with E-state index in [4.69, 9.17) is 0 Å². The van der Waals surface area contributed by atoms with Gasteiger partial charge in [-0.1, -0.05) is 12.2 Å². The number of rotatable bonds is 7. The molecule has 8 nitrogen and oxygen atoms in total. The Morgan fingerprint density at radius 3 is 2.68 bits per heavy atom. The van der Waals surface area contributed by atoms with Crippen molar-refractivity contribution in [1.29, 1.82) is 5.26 Å². The summed E-state index contributed by atoms with van der Waals surface area (Å²) in [7, 11) is -3.11. The van der Waals surface area contributed by atoms with Gasteiger partial charge in [0.1, 0.15) is 6.07 Å². The first-order valence-corrected chi connectivity index (χ1v) is 13.2. The summed E-state index contributed by atoms with van der Waals surface area (Å²) in [6.07, 6.45) is 9.75. The molecule has 0 unspecified atom stereocenters. The third-order valence-corrected chi connectivity index (χ3v) is 7.70. The van der Waals surface area contributed by atoms with Crippen molar-refractivity contribution in [2.75, 3.05) is 44.3 Å². The normalized spacial score (nSPS) is 15.7. The number of sulfonamides is 1. The van der Waals surface area contributed by atoms with Crippen molar-refractivity contribution in [3.63, 3.8) is 0 Å². The Morgan fingerprint density at radius 2 is 1.97 bits per heavy atom. The van der Waals surface area contributed by atoms with Crippen LogP contribution in [-0.4, -0.2) is 66.6 Å². The van der Waals surface area contributed by atoms with Crippen LogP contribution >= 0.6 is 0 Å². The number of pyridine rings is 1. The number of nitrogens with one attached hydrogen (secondary N) is 2. The number of nitrogens with zero attached hydrogens (tertiary/aromatic N) is 4. The summed E-state index contributed by atoms with van der Waals surface area (Å²) in [6.45, 7) is 7.41. The predicted molar refractivity (Wildman–Crippen MR) is 137 cm³/mol. The van der Waals surface area contributed by atoms with Crippen molar-refractivity contribution in [3.05, 3.63) is 59.1 Å². The van der Waals surface area contributed by atoms with Gasteiger partial charge in [0, 0.05) is 73.0 Å². The lowest BCUT2D eigenvalue weighted by Crippen LogP contribution is -2.48. The maximum atomic E-state index is 11.7. The summed E-state index contributed by atoms with van der Waals surface area (Å²) in [4.78, 5) is 9.93. The number of hydrogen-bond donors (Lipinski definition) is 2. The van der Waals surface area contributed by atoms with E-state index >= 15 is 0 Å². The molecular formula is C25H30N6O2S.